The monoisotopic (exact) mass is 159 g/mol. The third kappa shape index (κ3) is 1.14. The first kappa shape index (κ1) is 7.87. The molecule has 2 atom stereocenters. The van der Waals surface area contributed by atoms with Gasteiger partial charge in [-0.25, -0.2) is 0 Å². The van der Waals surface area contributed by atoms with Gasteiger partial charge in [0, 0.05) is 6.08 Å². The lowest BCUT2D eigenvalue weighted by Crippen LogP contribution is -2.43. The molecule has 1 rings (SSSR count). The van der Waals surface area contributed by atoms with Gasteiger partial charge >= 0.3 is 5.79 Å². The van der Waals surface area contributed by atoms with E-state index in [1.54, 1.807) is 0 Å². The summed E-state index contributed by atoms with van der Waals surface area (Å²) in [5, 5.41) is 18.9. The van der Waals surface area contributed by atoms with E-state index in [9.17, 15) is 14.5 Å². The maximum Gasteiger partial charge on any atom is 0.407 e. The first-order chi connectivity index (χ1) is 5.07. The SMILES string of the molecule is O=[N+]([O-])C1(F)C=CC=CC1O. The molecule has 0 heterocycles. The van der Waals surface area contributed by atoms with Gasteiger partial charge in [-0.1, -0.05) is 12.2 Å². The molecular formula is C6H6FNO3. The highest BCUT2D eigenvalue weighted by molar-refractivity contribution is 5.19. The lowest BCUT2D eigenvalue weighted by Gasteiger charge is -2.17. The number of aliphatic hydroxyl groups excluding tert-OH is 1. The van der Waals surface area contributed by atoms with E-state index in [1.165, 1.54) is 12.2 Å². The Morgan fingerprint density at radius 2 is 2.27 bits per heavy atom. The molecule has 0 aliphatic heterocycles. The lowest BCUT2D eigenvalue weighted by molar-refractivity contribution is -0.599. The van der Waals surface area contributed by atoms with Crippen LogP contribution in [0.3, 0.4) is 0 Å². The van der Waals surface area contributed by atoms with Crippen LogP contribution in [0.15, 0.2) is 24.3 Å². The molecule has 0 aromatic heterocycles. The van der Waals surface area contributed by atoms with Crippen molar-refractivity contribution in [1.29, 1.82) is 0 Å². The highest BCUT2D eigenvalue weighted by atomic mass is 19.1. The molecule has 0 aromatic carbocycles. The summed E-state index contributed by atoms with van der Waals surface area (Å²) in [6.07, 6.45) is 2.60. The van der Waals surface area contributed by atoms with Crippen LogP contribution in [0.4, 0.5) is 4.39 Å². The summed E-state index contributed by atoms with van der Waals surface area (Å²) in [7, 11) is 0. The van der Waals surface area contributed by atoms with E-state index in [2.05, 4.69) is 0 Å². The van der Waals surface area contributed by atoms with Crippen LogP contribution < -0.4 is 0 Å². The van der Waals surface area contributed by atoms with Crippen LogP contribution in [-0.2, 0) is 0 Å². The van der Waals surface area contributed by atoms with Crippen LogP contribution in [0.2, 0.25) is 0 Å². The smallest absolute Gasteiger partial charge is 0.378 e. The van der Waals surface area contributed by atoms with Gasteiger partial charge < -0.3 is 5.11 Å². The molecule has 0 saturated heterocycles. The van der Waals surface area contributed by atoms with Gasteiger partial charge in [0.1, 0.15) is 0 Å². The molecule has 60 valence electrons. The first-order valence-electron chi connectivity index (χ1n) is 2.95. The zero-order valence-electron chi connectivity index (χ0n) is 5.48. The van der Waals surface area contributed by atoms with Crippen molar-refractivity contribution < 1.29 is 14.4 Å². The van der Waals surface area contributed by atoms with Crippen molar-refractivity contribution in [2.45, 2.75) is 11.9 Å². The predicted molar refractivity (Wildman–Crippen MR) is 35.1 cm³/mol. The Morgan fingerprint density at radius 3 is 2.64 bits per heavy atom. The van der Waals surface area contributed by atoms with Crippen LogP contribution >= 0.6 is 0 Å². The second kappa shape index (κ2) is 2.43. The molecule has 0 saturated carbocycles. The van der Waals surface area contributed by atoms with Crippen LogP contribution in [0.25, 0.3) is 0 Å². The summed E-state index contributed by atoms with van der Waals surface area (Å²) in [5.74, 6) is -2.85. The number of allylic oxidation sites excluding steroid dienone is 2. The Hall–Kier alpha value is -1.23. The van der Waals surface area contributed by atoms with E-state index in [-0.39, 0.29) is 0 Å². The fourth-order valence-electron chi connectivity index (χ4n) is 0.762. The fourth-order valence-corrected chi connectivity index (χ4v) is 0.762. The van der Waals surface area contributed by atoms with Crippen LogP contribution in [-0.4, -0.2) is 21.9 Å². The lowest BCUT2D eigenvalue weighted by atomic mass is 10.0. The standard InChI is InChI=1S/C6H6FNO3/c7-6(8(10)11)4-2-1-3-5(6)9/h1-5,9H. The molecule has 0 aromatic rings. The van der Waals surface area contributed by atoms with Gasteiger partial charge in [-0.05, 0) is 6.08 Å². The molecule has 0 fully saturated rings. The summed E-state index contributed by atoms with van der Waals surface area (Å²) < 4.78 is 13.0. The molecule has 0 radical (unpaired) electrons. The Kier molecular flexibility index (Phi) is 1.74. The summed E-state index contributed by atoms with van der Waals surface area (Å²) >= 11 is 0. The van der Waals surface area contributed by atoms with Crippen LogP contribution in [0.5, 0.6) is 0 Å². The van der Waals surface area contributed by atoms with E-state index in [0.717, 1.165) is 12.2 Å². The minimum Gasteiger partial charge on any atom is -0.378 e. The minimum absolute atomic E-state index is 0.720. The molecule has 1 aliphatic carbocycles. The quantitative estimate of drug-likeness (QED) is 0.342. The highest BCUT2D eigenvalue weighted by Gasteiger charge is 2.48. The first-order valence-corrected chi connectivity index (χ1v) is 2.95. The number of hydrogen-bond donors (Lipinski definition) is 1. The van der Waals surface area contributed by atoms with Gasteiger partial charge in [-0.3, -0.25) is 10.1 Å². The zero-order chi connectivity index (χ0) is 8.48. The number of nitrogens with zero attached hydrogens (tertiary/aromatic N) is 1. The van der Waals surface area contributed by atoms with E-state index in [0.29, 0.717) is 0 Å². The maximum absolute atomic E-state index is 13.0. The normalized spacial score (nSPS) is 35.6. The van der Waals surface area contributed by atoms with Crippen molar-refractivity contribution in [1.82, 2.24) is 0 Å². The third-order valence-electron chi connectivity index (χ3n) is 1.43. The van der Waals surface area contributed by atoms with Gasteiger partial charge in [0.05, 0.1) is 4.92 Å². The van der Waals surface area contributed by atoms with Crippen molar-refractivity contribution in [2.75, 3.05) is 0 Å². The van der Waals surface area contributed by atoms with Crippen molar-refractivity contribution in [3.63, 3.8) is 0 Å². The largest absolute Gasteiger partial charge is 0.407 e. The van der Waals surface area contributed by atoms with Crippen molar-refractivity contribution in [2.24, 2.45) is 0 Å². The van der Waals surface area contributed by atoms with Crippen LogP contribution in [0.1, 0.15) is 0 Å². The molecule has 1 N–H and O–H groups in total. The summed E-state index contributed by atoms with van der Waals surface area (Å²) in [4.78, 5) is 8.92. The van der Waals surface area contributed by atoms with Gasteiger partial charge in [0.25, 0.3) is 0 Å². The Balaban J connectivity index is 2.94. The molecule has 1 aliphatic rings. The third-order valence-corrected chi connectivity index (χ3v) is 1.43. The molecule has 0 bridgehead atoms. The average Bonchev–Trinajstić information content (AvgIpc) is 1.95. The van der Waals surface area contributed by atoms with E-state index < -0.39 is 16.8 Å². The summed E-state index contributed by atoms with van der Waals surface area (Å²) in [5.41, 5.74) is 0. The van der Waals surface area contributed by atoms with Crippen molar-refractivity contribution >= 4 is 0 Å². The van der Waals surface area contributed by atoms with Crippen molar-refractivity contribution in [3.8, 4) is 0 Å². The molecular weight excluding hydrogens is 153 g/mol. The van der Waals surface area contributed by atoms with Gasteiger partial charge in [0.15, 0.2) is 6.10 Å². The summed E-state index contributed by atoms with van der Waals surface area (Å²) in [6, 6.07) is 0. The number of alkyl halides is 1. The van der Waals surface area contributed by atoms with E-state index in [1.807, 2.05) is 0 Å². The van der Waals surface area contributed by atoms with E-state index >= 15 is 0 Å². The highest BCUT2D eigenvalue weighted by Crippen LogP contribution is 2.23. The fraction of sp³-hybridized carbons (Fsp3) is 0.333. The molecule has 2 unspecified atom stereocenters. The number of halogens is 1. The molecule has 0 spiro atoms. The number of hydrogen-bond acceptors (Lipinski definition) is 3. The second-order valence-corrected chi connectivity index (χ2v) is 2.17. The van der Waals surface area contributed by atoms with E-state index in [4.69, 9.17) is 5.11 Å². The predicted octanol–water partition coefficient (Wildman–Crippen LogP) is 0.416. The maximum atomic E-state index is 13.0. The van der Waals surface area contributed by atoms with Gasteiger partial charge in [-0.2, -0.15) is 4.39 Å². The Labute approximate surface area is 61.8 Å². The topological polar surface area (TPSA) is 63.4 Å². The second-order valence-electron chi connectivity index (χ2n) is 2.17. The van der Waals surface area contributed by atoms with Crippen molar-refractivity contribution in [3.05, 3.63) is 34.4 Å². The number of nitro groups is 1. The molecule has 11 heavy (non-hydrogen) atoms. The summed E-state index contributed by atoms with van der Waals surface area (Å²) in [6.45, 7) is 0. The Morgan fingerprint density at radius 1 is 1.64 bits per heavy atom. The van der Waals surface area contributed by atoms with Gasteiger partial charge in [-0.15, -0.1) is 0 Å². The molecule has 4 nitrogen and oxygen atoms in total. The number of rotatable bonds is 1. The van der Waals surface area contributed by atoms with Gasteiger partial charge in [0.2, 0.25) is 0 Å². The Bertz CT molecular complexity index is 238. The number of aliphatic hydroxyl groups is 1. The average molecular weight is 159 g/mol. The molecule has 0 amide bonds. The molecule has 5 heteroatoms. The van der Waals surface area contributed by atoms with Crippen LogP contribution in [0, 0.1) is 10.1 Å². The minimum atomic E-state index is -2.85. The zero-order valence-corrected chi connectivity index (χ0v) is 5.48.